The van der Waals surface area contributed by atoms with Crippen LogP contribution in [0.2, 0.25) is 0 Å². The third-order valence-electron chi connectivity index (χ3n) is 2.49. The number of rotatable bonds is 3. The molecule has 4 nitrogen and oxygen atoms in total. The third kappa shape index (κ3) is 2.85. The van der Waals surface area contributed by atoms with Crippen LogP contribution >= 0.6 is 0 Å². The Morgan fingerprint density at radius 1 is 1.28 bits per heavy atom. The molecule has 0 atom stereocenters. The molecular weight excluding hydrogens is 226 g/mol. The van der Waals surface area contributed by atoms with Crippen molar-refractivity contribution in [2.75, 3.05) is 5.32 Å². The van der Waals surface area contributed by atoms with Gasteiger partial charge in [0, 0.05) is 14.0 Å². The Hall–Kier alpha value is -2.36. The van der Waals surface area contributed by atoms with Crippen LogP contribution in [0.25, 0.3) is 12.2 Å². The first-order valence-corrected chi connectivity index (χ1v) is 5.69. The van der Waals surface area contributed by atoms with Crippen molar-refractivity contribution in [3.63, 3.8) is 0 Å². The first kappa shape index (κ1) is 12.1. The molecule has 92 valence electrons. The average molecular weight is 241 g/mol. The highest BCUT2D eigenvalue weighted by molar-refractivity contribution is 5.90. The number of aromatic nitrogens is 2. The number of aryl methyl sites for hydroxylation is 1. The molecule has 0 spiro atoms. The number of hydrogen-bond acceptors (Lipinski definition) is 2. The number of carbonyl (C=O) groups is 1. The fourth-order valence-corrected chi connectivity index (χ4v) is 1.63. The molecule has 18 heavy (non-hydrogen) atoms. The number of amides is 1. The highest BCUT2D eigenvalue weighted by Crippen LogP contribution is 2.16. The Bertz CT molecular complexity index is 570. The van der Waals surface area contributed by atoms with Crippen molar-refractivity contribution in [3.05, 3.63) is 47.9 Å². The van der Waals surface area contributed by atoms with Crippen molar-refractivity contribution in [3.8, 4) is 0 Å². The molecule has 0 unspecified atom stereocenters. The molecule has 0 bridgehead atoms. The number of nitrogens with one attached hydrogen (secondary N) is 1. The van der Waals surface area contributed by atoms with E-state index < -0.39 is 0 Å². The van der Waals surface area contributed by atoms with Crippen LogP contribution in [0.3, 0.4) is 0 Å². The van der Waals surface area contributed by atoms with E-state index in [0.717, 1.165) is 11.3 Å². The quantitative estimate of drug-likeness (QED) is 0.897. The van der Waals surface area contributed by atoms with Gasteiger partial charge in [0.2, 0.25) is 5.91 Å². The second-order valence-electron chi connectivity index (χ2n) is 4.01. The molecule has 0 radical (unpaired) electrons. The van der Waals surface area contributed by atoms with Gasteiger partial charge in [-0.05, 0) is 11.6 Å². The van der Waals surface area contributed by atoms with Crippen molar-refractivity contribution in [1.82, 2.24) is 9.55 Å². The van der Waals surface area contributed by atoms with Gasteiger partial charge in [-0.3, -0.25) is 4.79 Å². The summed E-state index contributed by atoms with van der Waals surface area (Å²) in [5.41, 5.74) is 1.84. The van der Waals surface area contributed by atoms with Crippen LogP contribution in [0.4, 0.5) is 5.82 Å². The molecule has 1 amide bonds. The predicted molar refractivity (Wildman–Crippen MR) is 72.9 cm³/mol. The molecule has 1 N–H and O–H groups in total. The summed E-state index contributed by atoms with van der Waals surface area (Å²) in [6, 6.07) is 9.95. The van der Waals surface area contributed by atoms with Gasteiger partial charge in [-0.1, -0.05) is 36.4 Å². The van der Waals surface area contributed by atoms with Crippen molar-refractivity contribution < 1.29 is 4.79 Å². The van der Waals surface area contributed by atoms with Crippen LogP contribution in [-0.4, -0.2) is 15.5 Å². The van der Waals surface area contributed by atoms with Crippen molar-refractivity contribution in [1.29, 1.82) is 0 Å². The molecule has 1 aromatic carbocycles. The summed E-state index contributed by atoms with van der Waals surface area (Å²) >= 11 is 0. The minimum atomic E-state index is -0.104. The number of benzene rings is 1. The third-order valence-corrected chi connectivity index (χ3v) is 2.49. The van der Waals surface area contributed by atoms with Gasteiger partial charge in [-0.2, -0.15) is 0 Å². The topological polar surface area (TPSA) is 46.9 Å². The van der Waals surface area contributed by atoms with Gasteiger partial charge in [0.15, 0.2) is 0 Å². The van der Waals surface area contributed by atoms with Crippen LogP contribution in [0.5, 0.6) is 0 Å². The van der Waals surface area contributed by atoms with Gasteiger partial charge in [0.05, 0.1) is 6.33 Å². The van der Waals surface area contributed by atoms with E-state index in [1.165, 1.54) is 6.92 Å². The summed E-state index contributed by atoms with van der Waals surface area (Å²) in [5, 5.41) is 2.77. The van der Waals surface area contributed by atoms with Gasteiger partial charge in [0.25, 0.3) is 0 Å². The Morgan fingerprint density at radius 3 is 2.67 bits per heavy atom. The van der Waals surface area contributed by atoms with Gasteiger partial charge >= 0.3 is 0 Å². The number of anilines is 1. The fraction of sp³-hybridized carbons (Fsp3) is 0.143. The second kappa shape index (κ2) is 5.31. The minimum Gasteiger partial charge on any atom is -0.320 e. The van der Waals surface area contributed by atoms with E-state index in [1.54, 1.807) is 10.9 Å². The maximum absolute atomic E-state index is 11.1. The largest absolute Gasteiger partial charge is 0.320 e. The Morgan fingerprint density at radius 2 is 2.00 bits per heavy atom. The smallest absolute Gasteiger partial charge is 0.222 e. The summed E-state index contributed by atoms with van der Waals surface area (Å²) in [5.74, 6) is 0.600. The van der Waals surface area contributed by atoms with Crippen LogP contribution in [0.1, 0.15) is 18.2 Å². The Balaban J connectivity index is 2.24. The lowest BCUT2D eigenvalue weighted by Gasteiger charge is -2.03. The zero-order valence-corrected chi connectivity index (χ0v) is 10.4. The summed E-state index contributed by atoms with van der Waals surface area (Å²) in [7, 11) is 1.85. The predicted octanol–water partition coefficient (Wildman–Crippen LogP) is 2.55. The molecule has 2 aromatic rings. The highest BCUT2D eigenvalue weighted by atomic mass is 16.1. The Kier molecular flexibility index (Phi) is 3.57. The summed E-state index contributed by atoms with van der Waals surface area (Å²) in [6.45, 7) is 1.48. The number of carbonyl (C=O) groups excluding carboxylic acids is 1. The second-order valence-corrected chi connectivity index (χ2v) is 4.01. The zero-order valence-electron chi connectivity index (χ0n) is 10.4. The molecule has 1 aromatic heterocycles. The minimum absolute atomic E-state index is 0.104. The van der Waals surface area contributed by atoms with Crippen molar-refractivity contribution in [2.24, 2.45) is 7.05 Å². The summed E-state index contributed by atoms with van der Waals surface area (Å²) in [6.07, 6.45) is 5.53. The Labute approximate surface area is 106 Å². The van der Waals surface area contributed by atoms with E-state index in [1.807, 2.05) is 49.5 Å². The van der Waals surface area contributed by atoms with E-state index in [0.29, 0.717) is 5.82 Å². The van der Waals surface area contributed by atoms with Crippen LogP contribution in [0.15, 0.2) is 36.7 Å². The van der Waals surface area contributed by atoms with Crippen molar-refractivity contribution >= 4 is 23.9 Å². The van der Waals surface area contributed by atoms with Crippen LogP contribution in [0, 0.1) is 0 Å². The SMILES string of the molecule is CC(=O)Nc1c(/C=C/c2ccccc2)ncn1C. The molecule has 0 saturated heterocycles. The van der Waals surface area contributed by atoms with E-state index in [2.05, 4.69) is 10.3 Å². The van der Waals surface area contributed by atoms with E-state index in [4.69, 9.17) is 0 Å². The molecule has 0 aliphatic carbocycles. The molecule has 0 aliphatic rings. The van der Waals surface area contributed by atoms with Gasteiger partial charge in [-0.15, -0.1) is 0 Å². The average Bonchev–Trinajstić information content (AvgIpc) is 2.69. The monoisotopic (exact) mass is 241 g/mol. The molecule has 0 saturated carbocycles. The number of nitrogens with zero attached hydrogens (tertiary/aromatic N) is 2. The molecule has 2 rings (SSSR count). The lowest BCUT2D eigenvalue weighted by molar-refractivity contribution is -0.114. The molecule has 1 heterocycles. The fourth-order valence-electron chi connectivity index (χ4n) is 1.63. The highest BCUT2D eigenvalue weighted by Gasteiger charge is 2.06. The normalized spacial score (nSPS) is 10.8. The lowest BCUT2D eigenvalue weighted by atomic mass is 10.2. The van der Waals surface area contributed by atoms with Gasteiger partial charge in [0.1, 0.15) is 11.5 Å². The summed E-state index contributed by atoms with van der Waals surface area (Å²) < 4.78 is 1.78. The molecule has 0 fully saturated rings. The summed E-state index contributed by atoms with van der Waals surface area (Å²) in [4.78, 5) is 15.4. The lowest BCUT2D eigenvalue weighted by Crippen LogP contribution is -2.10. The maximum Gasteiger partial charge on any atom is 0.222 e. The maximum atomic E-state index is 11.1. The molecule has 4 heteroatoms. The van der Waals surface area contributed by atoms with Crippen LogP contribution < -0.4 is 5.32 Å². The van der Waals surface area contributed by atoms with E-state index in [-0.39, 0.29) is 5.91 Å². The van der Waals surface area contributed by atoms with Gasteiger partial charge in [-0.25, -0.2) is 4.98 Å². The van der Waals surface area contributed by atoms with E-state index in [9.17, 15) is 4.79 Å². The number of hydrogen-bond donors (Lipinski definition) is 1. The molecule has 0 aliphatic heterocycles. The standard InChI is InChI=1S/C14H15N3O/c1-11(18)16-14-13(15-10-17(14)2)9-8-12-6-4-3-5-7-12/h3-10H,1-2H3,(H,16,18)/b9-8+. The van der Waals surface area contributed by atoms with Crippen molar-refractivity contribution in [2.45, 2.75) is 6.92 Å². The zero-order chi connectivity index (χ0) is 13.0. The first-order chi connectivity index (χ1) is 8.66. The number of imidazole rings is 1. The van der Waals surface area contributed by atoms with Crippen LogP contribution in [-0.2, 0) is 11.8 Å². The van der Waals surface area contributed by atoms with Gasteiger partial charge < -0.3 is 9.88 Å². The van der Waals surface area contributed by atoms with E-state index >= 15 is 0 Å². The molecular formula is C14H15N3O. The first-order valence-electron chi connectivity index (χ1n) is 5.69.